The third-order valence-corrected chi connectivity index (χ3v) is 7.49. The van der Waals surface area contributed by atoms with E-state index in [0.29, 0.717) is 11.3 Å². The second-order valence-corrected chi connectivity index (χ2v) is 8.97. The molecule has 0 unspecified atom stereocenters. The normalized spacial score (nSPS) is 22.4. The van der Waals surface area contributed by atoms with Crippen molar-refractivity contribution in [2.24, 2.45) is 5.41 Å². The molecule has 1 spiro atoms. The highest BCUT2D eigenvalue weighted by molar-refractivity contribution is 5.59. The zero-order valence-corrected chi connectivity index (χ0v) is 17.4. The number of hydrogen-bond acceptors (Lipinski definition) is 6. The van der Waals surface area contributed by atoms with Crippen LogP contribution in [0.2, 0.25) is 0 Å². The molecule has 154 valence electrons. The average Bonchev–Trinajstić information content (AvgIpc) is 2.75. The first-order valence-electron chi connectivity index (χ1n) is 11.1. The number of hydrogen-bond donors (Lipinski definition) is 0. The van der Waals surface area contributed by atoms with Crippen LogP contribution < -0.4 is 9.64 Å². The summed E-state index contributed by atoms with van der Waals surface area (Å²) in [5.74, 6) is 1.61. The van der Waals surface area contributed by atoms with Crippen LogP contribution in [0.5, 0.6) is 5.88 Å². The zero-order chi connectivity index (χ0) is 19.7. The summed E-state index contributed by atoms with van der Waals surface area (Å²) < 4.78 is 5.12. The first-order valence-corrected chi connectivity index (χ1v) is 11.1. The SMILES string of the molecule is COc1ccc(-c2ccc(N3CCC4(CC3)CCN(C3CCC3)CC4)nn2)cn1. The number of rotatable bonds is 4. The molecule has 0 amide bonds. The molecule has 3 aliphatic rings. The molecule has 0 aromatic carbocycles. The fourth-order valence-electron chi connectivity index (χ4n) is 5.13. The molecule has 29 heavy (non-hydrogen) atoms. The third-order valence-electron chi connectivity index (χ3n) is 7.49. The molecule has 1 saturated carbocycles. The Balaban J connectivity index is 1.17. The second-order valence-electron chi connectivity index (χ2n) is 8.97. The largest absolute Gasteiger partial charge is 0.481 e. The summed E-state index contributed by atoms with van der Waals surface area (Å²) in [7, 11) is 1.62. The van der Waals surface area contributed by atoms with Crippen LogP contribution in [-0.4, -0.2) is 59.4 Å². The molecule has 0 bridgehead atoms. The fourth-order valence-corrected chi connectivity index (χ4v) is 5.13. The Kier molecular flexibility index (Phi) is 5.12. The van der Waals surface area contributed by atoms with E-state index < -0.39 is 0 Å². The van der Waals surface area contributed by atoms with Crippen LogP contribution in [0.25, 0.3) is 11.3 Å². The Bertz CT molecular complexity index is 800. The van der Waals surface area contributed by atoms with Crippen molar-refractivity contribution < 1.29 is 4.74 Å². The lowest BCUT2D eigenvalue weighted by molar-refractivity contribution is 0.0305. The lowest BCUT2D eigenvalue weighted by Crippen LogP contribution is -2.51. The van der Waals surface area contributed by atoms with E-state index in [1.807, 2.05) is 18.2 Å². The van der Waals surface area contributed by atoms with Crippen molar-refractivity contribution in [3.63, 3.8) is 0 Å². The van der Waals surface area contributed by atoms with Gasteiger partial charge in [0.2, 0.25) is 5.88 Å². The predicted octanol–water partition coefficient (Wildman–Crippen LogP) is 3.78. The molecule has 0 atom stereocenters. The summed E-state index contributed by atoms with van der Waals surface area (Å²) in [6.45, 7) is 4.83. The maximum absolute atomic E-state index is 5.12. The molecule has 6 heteroatoms. The van der Waals surface area contributed by atoms with Gasteiger partial charge in [0.25, 0.3) is 0 Å². The Morgan fingerprint density at radius 1 is 0.931 bits per heavy atom. The van der Waals surface area contributed by atoms with Gasteiger partial charge in [0, 0.05) is 37.0 Å². The minimum absolute atomic E-state index is 0.568. The molecule has 0 radical (unpaired) electrons. The molecule has 2 aliphatic heterocycles. The highest BCUT2D eigenvalue weighted by Gasteiger charge is 2.39. The maximum Gasteiger partial charge on any atom is 0.212 e. The molecule has 2 aromatic heterocycles. The fraction of sp³-hybridized carbons (Fsp3) is 0.609. The van der Waals surface area contributed by atoms with E-state index in [-0.39, 0.29) is 0 Å². The van der Waals surface area contributed by atoms with Crippen molar-refractivity contribution in [1.29, 1.82) is 0 Å². The number of nitrogens with zero attached hydrogens (tertiary/aromatic N) is 5. The van der Waals surface area contributed by atoms with Gasteiger partial charge in [-0.15, -0.1) is 10.2 Å². The lowest BCUT2D eigenvalue weighted by atomic mass is 9.70. The van der Waals surface area contributed by atoms with Crippen LogP contribution in [-0.2, 0) is 0 Å². The van der Waals surface area contributed by atoms with Crippen molar-refractivity contribution in [1.82, 2.24) is 20.1 Å². The maximum atomic E-state index is 5.12. The quantitative estimate of drug-likeness (QED) is 0.788. The molecule has 4 heterocycles. The highest BCUT2D eigenvalue weighted by atomic mass is 16.5. The monoisotopic (exact) mass is 393 g/mol. The van der Waals surface area contributed by atoms with Crippen LogP contribution in [0.1, 0.15) is 44.9 Å². The van der Waals surface area contributed by atoms with E-state index in [2.05, 4.69) is 31.0 Å². The van der Waals surface area contributed by atoms with Gasteiger partial charge in [-0.2, -0.15) is 0 Å². The number of anilines is 1. The van der Waals surface area contributed by atoms with E-state index in [1.54, 1.807) is 13.3 Å². The zero-order valence-electron chi connectivity index (χ0n) is 17.4. The number of methoxy groups -OCH3 is 1. The minimum Gasteiger partial charge on any atom is -0.481 e. The lowest BCUT2D eigenvalue weighted by Gasteiger charge is -2.50. The number of likely N-dealkylation sites (tertiary alicyclic amines) is 1. The molecule has 0 N–H and O–H groups in total. The van der Waals surface area contributed by atoms with Crippen molar-refractivity contribution in [3.8, 4) is 17.1 Å². The molecular formula is C23H31N5O. The van der Waals surface area contributed by atoms with Gasteiger partial charge in [-0.05, 0) is 75.2 Å². The van der Waals surface area contributed by atoms with Crippen molar-refractivity contribution in [3.05, 3.63) is 30.5 Å². The van der Waals surface area contributed by atoms with Gasteiger partial charge in [-0.3, -0.25) is 0 Å². The van der Waals surface area contributed by atoms with Gasteiger partial charge in [-0.1, -0.05) is 6.42 Å². The van der Waals surface area contributed by atoms with E-state index in [1.165, 1.54) is 58.0 Å². The summed E-state index contributed by atoms with van der Waals surface area (Å²) in [5, 5.41) is 8.97. The van der Waals surface area contributed by atoms with Crippen LogP contribution in [0, 0.1) is 5.41 Å². The number of aromatic nitrogens is 3. The smallest absolute Gasteiger partial charge is 0.212 e. The molecule has 3 fully saturated rings. The minimum atomic E-state index is 0.568. The predicted molar refractivity (Wildman–Crippen MR) is 114 cm³/mol. The Labute approximate surface area is 173 Å². The topological polar surface area (TPSA) is 54.4 Å². The Morgan fingerprint density at radius 2 is 1.69 bits per heavy atom. The molecule has 5 rings (SSSR count). The molecule has 2 saturated heterocycles. The van der Waals surface area contributed by atoms with Crippen molar-refractivity contribution >= 4 is 5.82 Å². The Hall–Kier alpha value is -2.21. The van der Waals surface area contributed by atoms with Gasteiger partial charge in [0.05, 0.1) is 12.8 Å². The van der Waals surface area contributed by atoms with E-state index in [9.17, 15) is 0 Å². The first kappa shape index (κ1) is 18.8. The van der Waals surface area contributed by atoms with Gasteiger partial charge in [0.15, 0.2) is 5.82 Å². The van der Waals surface area contributed by atoms with Gasteiger partial charge in [-0.25, -0.2) is 4.98 Å². The van der Waals surface area contributed by atoms with Gasteiger partial charge in [0.1, 0.15) is 0 Å². The second kappa shape index (κ2) is 7.90. The molecule has 6 nitrogen and oxygen atoms in total. The molecule has 2 aromatic rings. The van der Waals surface area contributed by atoms with Crippen molar-refractivity contribution in [2.45, 2.75) is 51.0 Å². The summed E-state index contributed by atoms with van der Waals surface area (Å²) in [5.41, 5.74) is 2.38. The molecule has 1 aliphatic carbocycles. The summed E-state index contributed by atoms with van der Waals surface area (Å²) in [6, 6.07) is 8.88. The standard InChI is InChI=1S/C23H31N5O/c1-29-22-8-5-18(17-24-22)20-6-7-21(26-25-20)28-15-11-23(12-16-28)9-13-27(14-10-23)19-3-2-4-19/h5-8,17,19H,2-4,9-16H2,1H3. The summed E-state index contributed by atoms with van der Waals surface area (Å²) in [4.78, 5) is 9.43. The number of pyridine rings is 1. The first-order chi connectivity index (χ1) is 14.2. The molecular weight excluding hydrogens is 362 g/mol. The van der Waals surface area contributed by atoms with E-state index in [4.69, 9.17) is 4.74 Å². The van der Waals surface area contributed by atoms with Gasteiger partial charge >= 0.3 is 0 Å². The van der Waals surface area contributed by atoms with E-state index in [0.717, 1.165) is 36.2 Å². The summed E-state index contributed by atoms with van der Waals surface area (Å²) in [6.07, 6.45) is 11.4. The van der Waals surface area contributed by atoms with Crippen LogP contribution in [0.3, 0.4) is 0 Å². The van der Waals surface area contributed by atoms with E-state index >= 15 is 0 Å². The average molecular weight is 394 g/mol. The van der Waals surface area contributed by atoms with Crippen molar-refractivity contribution in [2.75, 3.05) is 38.2 Å². The summed E-state index contributed by atoms with van der Waals surface area (Å²) >= 11 is 0. The van der Waals surface area contributed by atoms with Gasteiger partial charge < -0.3 is 14.5 Å². The number of ether oxygens (including phenoxy) is 1. The van der Waals surface area contributed by atoms with Crippen LogP contribution in [0.4, 0.5) is 5.82 Å². The highest BCUT2D eigenvalue weighted by Crippen LogP contribution is 2.43. The Morgan fingerprint density at radius 3 is 2.24 bits per heavy atom. The van der Waals surface area contributed by atoms with Crippen LogP contribution >= 0.6 is 0 Å². The third kappa shape index (κ3) is 3.82. The number of piperidine rings is 2. The van der Waals surface area contributed by atoms with Crippen LogP contribution in [0.15, 0.2) is 30.5 Å².